The van der Waals surface area contributed by atoms with Crippen LogP contribution in [0.25, 0.3) is 11.0 Å². The predicted octanol–water partition coefficient (Wildman–Crippen LogP) is -0.910. The Morgan fingerprint density at radius 2 is 1.67 bits per heavy atom. The quantitative estimate of drug-likeness (QED) is 0.360. The van der Waals surface area contributed by atoms with Crippen LogP contribution in [0.15, 0.2) is 30.5 Å². The third-order valence-corrected chi connectivity index (χ3v) is 2.09. The van der Waals surface area contributed by atoms with Gasteiger partial charge in [-0.3, -0.25) is 0 Å². The lowest BCUT2D eigenvalue weighted by atomic mass is 10.3. The van der Waals surface area contributed by atoms with E-state index >= 15 is 0 Å². The molecule has 0 amide bonds. The van der Waals surface area contributed by atoms with Gasteiger partial charge in [-0.1, -0.05) is 12.1 Å². The van der Waals surface area contributed by atoms with Crippen LogP contribution >= 0.6 is 0 Å². The van der Waals surface area contributed by atoms with E-state index in [1.54, 1.807) is 12.1 Å². The molecule has 0 spiro atoms. The average molecular weight is 208 g/mol. The molecule has 0 atom stereocenters. The van der Waals surface area contributed by atoms with Gasteiger partial charge in [0.2, 0.25) is 6.29 Å². The number of rotatable bonds is 1. The van der Waals surface area contributed by atoms with Gasteiger partial charge in [-0.15, -0.1) is 0 Å². The molecule has 0 aliphatic carbocycles. The molecule has 0 saturated heterocycles. The highest BCUT2D eigenvalue weighted by molar-refractivity contribution is 5.67. The van der Waals surface area contributed by atoms with Crippen molar-refractivity contribution in [3.63, 3.8) is 0 Å². The third-order valence-electron chi connectivity index (χ3n) is 2.09. The Balaban J connectivity index is 2.84. The van der Waals surface area contributed by atoms with Crippen molar-refractivity contribution in [1.82, 2.24) is 0 Å². The fourth-order valence-corrected chi connectivity index (χ4v) is 1.38. The van der Waals surface area contributed by atoms with E-state index in [0.29, 0.717) is 9.46 Å². The number of benzene rings is 1. The van der Waals surface area contributed by atoms with E-state index in [4.69, 9.17) is 10.2 Å². The first kappa shape index (κ1) is 9.63. The van der Waals surface area contributed by atoms with Gasteiger partial charge in [-0.05, 0) is 0 Å². The van der Waals surface area contributed by atoms with E-state index in [2.05, 4.69) is 0 Å². The van der Waals surface area contributed by atoms with Gasteiger partial charge < -0.3 is 20.6 Å². The lowest BCUT2D eigenvalue weighted by Gasteiger charge is -2.08. The highest BCUT2D eigenvalue weighted by atomic mass is 16.5. The van der Waals surface area contributed by atoms with Gasteiger partial charge in [-0.25, -0.2) is 0 Å². The number of aromatic nitrogens is 2. The molecule has 1 heterocycles. The Morgan fingerprint density at radius 3 is 2.27 bits per heavy atom. The summed E-state index contributed by atoms with van der Waals surface area (Å²) < 4.78 is 0.757. The minimum absolute atomic E-state index is 0.0955. The molecule has 2 N–H and O–H groups in total. The Kier molecular flexibility index (Phi) is 2.14. The lowest BCUT2D eigenvalue weighted by Crippen LogP contribution is -2.42. The number of nitrogens with zero attached hydrogens (tertiary/aromatic N) is 2. The molecule has 1 aromatic carbocycles. The second-order valence-electron chi connectivity index (χ2n) is 3.04. The average Bonchev–Trinajstić information content (AvgIpc) is 2.23. The molecule has 6 heteroatoms. The first-order valence-electron chi connectivity index (χ1n) is 4.22. The highest BCUT2D eigenvalue weighted by Crippen LogP contribution is 2.08. The molecule has 78 valence electrons. The molecule has 6 nitrogen and oxygen atoms in total. The summed E-state index contributed by atoms with van der Waals surface area (Å²) >= 11 is 0. The van der Waals surface area contributed by atoms with Gasteiger partial charge >= 0.3 is 5.69 Å². The zero-order valence-corrected chi connectivity index (χ0v) is 7.57. The summed E-state index contributed by atoms with van der Waals surface area (Å²) in [4.78, 5) is 0. The summed E-state index contributed by atoms with van der Waals surface area (Å²) in [6.07, 6.45) is -1.12. The maximum Gasteiger partial charge on any atom is 0.315 e. The van der Waals surface area contributed by atoms with Crippen molar-refractivity contribution >= 4 is 11.0 Å². The fourth-order valence-electron chi connectivity index (χ4n) is 1.38. The molecule has 0 aliphatic heterocycles. The molecule has 0 aliphatic rings. The molecule has 2 rings (SSSR count). The Labute approximate surface area is 84.4 Å². The van der Waals surface area contributed by atoms with Crippen LogP contribution in [0.5, 0.6) is 0 Å². The van der Waals surface area contributed by atoms with E-state index < -0.39 is 12.0 Å². The molecular formula is C9H8N2O4. The van der Waals surface area contributed by atoms with E-state index in [0.717, 1.165) is 6.20 Å². The minimum Gasteiger partial charge on any atom is -0.618 e. The highest BCUT2D eigenvalue weighted by Gasteiger charge is 2.23. The van der Waals surface area contributed by atoms with E-state index in [1.807, 2.05) is 0 Å². The molecule has 0 saturated carbocycles. The van der Waals surface area contributed by atoms with Crippen LogP contribution in [0, 0.1) is 10.4 Å². The summed E-state index contributed by atoms with van der Waals surface area (Å²) in [6, 6.07) is 6.11. The maximum absolute atomic E-state index is 11.6. The van der Waals surface area contributed by atoms with E-state index in [1.165, 1.54) is 12.1 Å². The predicted molar refractivity (Wildman–Crippen MR) is 49.0 cm³/mol. The molecule has 0 unspecified atom stereocenters. The number of fused-ring (bicyclic) bond motifs is 1. The van der Waals surface area contributed by atoms with Crippen molar-refractivity contribution in [2.45, 2.75) is 6.29 Å². The first-order valence-corrected chi connectivity index (χ1v) is 4.22. The third kappa shape index (κ3) is 1.45. The summed E-state index contributed by atoms with van der Waals surface area (Å²) in [7, 11) is 0. The Bertz CT molecular complexity index is 513. The summed E-state index contributed by atoms with van der Waals surface area (Å²) in [5.74, 6) is 0. The van der Waals surface area contributed by atoms with Gasteiger partial charge in [0.05, 0.1) is 0 Å². The molecule has 0 radical (unpaired) electrons. The van der Waals surface area contributed by atoms with Crippen LogP contribution in [0.4, 0.5) is 0 Å². The van der Waals surface area contributed by atoms with Crippen LogP contribution < -0.4 is 9.46 Å². The van der Waals surface area contributed by atoms with Crippen molar-refractivity contribution in [3.05, 3.63) is 46.6 Å². The van der Waals surface area contributed by atoms with Crippen molar-refractivity contribution < 1.29 is 19.7 Å². The van der Waals surface area contributed by atoms with E-state index in [9.17, 15) is 10.4 Å². The number of aliphatic hydroxyl groups is 2. The van der Waals surface area contributed by atoms with Gasteiger partial charge in [0.15, 0.2) is 0 Å². The number of hydrogen-bond acceptors (Lipinski definition) is 4. The van der Waals surface area contributed by atoms with Crippen LogP contribution in [0.2, 0.25) is 0 Å². The number of para-hydroxylation sites is 2. The van der Waals surface area contributed by atoms with Crippen molar-refractivity contribution in [3.8, 4) is 0 Å². The molecule has 0 fully saturated rings. The Morgan fingerprint density at radius 1 is 1.07 bits per heavy atom. The smallest absolute Gasteiger partial charge is 0.315 e. The van der Waals surface area contributed by atoms with Crippen molar-refractivity contribution in [2.24, 2.45) is 0 Å². The molecule has 0 bridgehead atoms. The van der Waals surface area contributed by atoms with Gasteiger partial charge in [0.1, 0.15) is 0 Å². The van der Waals surface area contributed by atoms with Crippen LogP contribution in [-0.4, -0.2) is 10.2 Å². The lowest BCUT2D eigenvalue weighted by molar-refractivity contribution is -0.641. The molecular weight excluding hydrogens is 200 g/mol. The monoisotopic (exact) mass is 208 g/mol. The van der Waals surface area contributed by atoms with Crippen LogP contribution in [0.3, 0.4) is 0 Å². The van der Waals surface area contributed by atoms with Gasteiger partial charge in [-0.2, -0.15) is 9.46 Å². The SMILES string of the molecule is [O-][n+]1cc(C(O)O)[n+]([O-])c2ccccc21. The zero-order chi connectivity index (χ0) is 11.0. The first-order chi connectivity index (χ1) is 7.11. The normalized spacial score (nSPS) is 11.1. The summed E-state index contributed by atoms with van der Waals surface area (Å²) in [5.41, 5.74) is -0.126. The maximum atomic E-state index is 11.6. The van der Waals surface area contributed by atoms with Crippen molar-refractivity contribution in [1.29, 1.82) is 0 Å². The van der Waals surface area contributed by atoms with Gasteiger partial charge in [0, 0.05) is 12.1 Å². The minimum atomic E-state index is -1.97. The second-order valence-corrected chi connectivity index (χ2v) is 3.04. The van der Waals surface area contributed by atoms with Gasteiger partial charge in [0.25, 0.3) is 17.2 Å². The summed E-state index contributed by atoms with van der Waals surface area (Å²) in [6.45, 7) is 0. The van der Waals surface area contributed by atoms with Crippen molar-refractivity contribution in [2.75, 3.05) is 0 Å². The van der Waals surface area contributed by atoms with E-state index in [-0.39, 0.29) is 11.0 Å². The zero-order valence-electron chi connectivity index (χ0n) is 7.57. The molecule has 1 aromatic heterocycles. The standard InChI is InChI=1S/C9H8N2O4/c12-9(13)8-5-10(14)6-3-1-2-4-7(6)11(8)15/h1-5,9,12-13H. The van der Waals surface area contributed by atoms with Crippen LogP contribution in [0.1, 0.15) is 12.0 Å². The fraction of sp³-hybridized carbons (Fsp3) is 0.111. The summed E-state index contributed by atoms with van der Waals surface area (Å²) in [5, 5.41) is 40.7. The largest absolute Gasteiger partial charge is 0.618 e. The number of aliphatic hydroxyl groups excluding tert-OH is 1. The number of hydrogen-bond donors (Lipinski definition) is 2. The second kappa shape index (κ2) is 3.34. The Hall–Kier alpha value is -1.92. The molecule has 15 heavy (non-hydrogen) atoms. The van der Waals surface area contributed by atoms with Crippen LogP contribution in [-0.2, 0) is 0 Å². The molecule has 2 aromatic rings. The topological polar surface area (TPSA) is 94.3 Å².